The molecule has 2 aromatic carbocycles. The van der Waals surface area contributed by atoms with Crippen molar-refractivity contribution in [2.24, 2.45) is 0 Å². The van der Waals surface area contributed by atoms with Crippen molar-refractivity contribution < 1.29 is 18.7 Å². The van der Waals surface area contributed by atoms with E-state index in [0.717, 1.165) is 66.2 Å². The zero-order chi connectivity index (χ0) is 20.4. The molecule has 3 heterocycles. The summed E-state index contributed by atoms with van der Waals surface area (Å²) in [4.78, 5) is 15.0. The first-order valence-corrected chi connectivity index (χ1v) is 11.6. The van der Waals surface area contributed by atoms with Crippen molar-refractivity contribution in [1.82, 2.24) is 10.2 Å². The number of hydrogen-bond donors (Lipinski definition) is 1. The Morgan fingerprint density at radius 2 is 1.97 bits per heavy atom. The number of carbonyl (C=O) groups excluding carboxylic acids is 1. The summed E-state index contributed by atoms with van der Waals surface area (Å²) in [5.41, 5.74) is 1.71. The molecule has 7 heteroatoms. The molecule has 1 N–H and O–H groups in total. The van der Waals surface area contributed by atoms with Gasteiger partial charge in [-0.3, -0.25) is 9.69 Å². The standard InChI is InChI=1S/C23H26N2O4S/c26-22(24-15-23(7-12-30-16-23)25-8-10-27-11-9-25)14-28-17-5-6-21-19(13-17)18-3-1-2-4-20(18)29-21/h1-6,13H,7-12,14-16H2,(H,24,26). The zero-order valence-electron chi connectivity index (χ0n) is 16.9. The molecule has 158 valence electrons. The fourth-order valence-corrected chi connectivity index (χ4v) is 5.87. The number of nitrogens with one attached hydrogen (secondary N) is 1. The number of ether oxygens (including phenoxy) is 2. The Balaban J connectivity index is 1.21. The van der Waals surface area contributed by atoms with Gasteiger partial charge in [0.1, 0.15) is 16.9 Å². The first kappa shape index (κ1) is 19.7. The van der Waals surface area contributed by atoms with Crippen LogP contribution in [0.25, 0.3) is 21.9 Å². The molecule has 3 aromatic rings. The van der Waals surface area contributed by atoms with Gasteiger partial charge in [-0.1, -0.05) is 18.2 Å². The van der Waals surface area contributed by atoms with Crippen LogP contribution in [0.2, 0.25) is 0 Å². The molecule has 1 atom stereocenters. The van der Waals surface area contributed by atoms with Crippen LogP contribution in [0.4, 0.5) is 0 Å². The third kappa shape index (κ3) is 3.89. The van der Waals surface area contributed by atoms with Crippen molar-refractivity contribution in [2.45, 2.75) is 12.0 Å². The summed E-state index contributed by atoms with van der Waals surface area (Å²) in [5, 5.41) is 5.16. The average molecular weight is 427 g/mol. The number of nitrogens with zero attached hydrogens (tertiary/aromatic N) is 1. The summed E-state index contributed by atoms with van der Waals surface area (Å²) in [7, 11) is 0. The molecule has 0 saturated carbocycles. The highest BCUT2D eigenvalue weighted by Gasteiger charge is 2.40. The molecular formula is C23H26N2O4S. The third-order valence-electron chi connectivity index (χ3n) is 6.10. The van der Waals surface area contributed by atoms with Crippen LogP contribution in [0, 0.1) is 0 Å². The molecule has 0 bridgehead atoms. The molecule has 1 amide bonds. The summed E-state index contributed by atoms with van der Waals surface area (Å²) in [6, 6.07) is 13.6. The van der Waals surface area contributed by atoms with Gasteiger partial charge in [0.2, 0.25) is 0 Å². The summed E-state index contributed by atoms with van der Waals surface area (Å²) >= 11 is 1.97. The van der Waals surface area contributed by atoms with E-state index in [0.29, 0.717) is 12.3 Å². The predicted octanol–water partition coefficient (Wildman–Crippen LogP) is 3.29. The molecule has 0 spiro atoms. The van der Waals surface area contributed by atoms with Crippen LogP contribution in [0.1, 0.15) is 6.42 Å². The van der Waals surface area contributed by atoms with Crippen molar-refractivity contribution in [3.05, 3.63) is 42.5 Å². The number of furan rings is 1. The van der Waals surface area contributed by atoms with Gasteiger partial charge in [-0.15, -0.1) is 0 Å². The lowest BCUT2D eigenvalue weighted by Crippen LogP contribution is -2.59. The summed E-state index contributed by atoms with van der Waals surface area (Å²) in [5.74, 6) is 2.78. The number of amides is 1. The van der Waals surface area contributed by atoms with Crippen LogP contribution in [-0.2, 0) is 9.53 Å². The summed E-state index contributed by atoms with van der Waals surface area (Å²) < 4.78 is 17.1. The van der Waals surface area contributed by atoms with Gasteiger partial charge < -0.3 is 19.2 Å². The number of carbonyl (C=O) groups is 1. The number of fused-ring (bicyclic) bond motifs is 3. The molecule has 2 fully saturated rings. The summed E-state index contributed by atoms with van der Waals surface area (Å²) in [6.07, 6.45) is 1.10. The number of morpholine rings is 1. The molecule has 2 saturated heterocycles. The minimum absolute atomic E-state index is 0.00756. The second kappa shape index (κ2) is 8.49. The van der Waals surface area contributed by atoms with Crippen LogP contribution >= 0.6 is 11.8 Å². The Bertz CT molecular complexity index is 1040. The maximum atomic E-state index is 12.5. The van der Waals surface area contributed by atoms with Crippen molar-refractivity contribution in [3.8, 4) is 5.75 Å². The Kier molecular flexibility index (Phi) is 5.58. The maximum absolute atomic E-state index is 12.5. The van der Waals surface area contributed by atoms with Crippen LogP contribution in [-0.4, -0.2) is 67.3 Å². The van der Waals surface area contributed by atoms with Gasteiger partial charge >= 0.3 is 0 Å². The Morgan fingerprint density at radius 3 is 2.80 bits per heavy atom. The van der Waals surface area contributed by atoms with Crippen LogP contribution in [0.15, 0.2) is 46.9 Å². The maximum Gasteiger partial charge on any atom is 0.258 e. The van der Waals surface area contributed by atoms with Crippen LogP contribution in [0.5, 0.6) is 5.75 Å². The molecule has 6 nitrogen and oxygen atoms in total. The third-order valence-corrected chi connectivity index (χ3v) is 7.33. The topological polar surface area (TPSA) is 63.9 Å². The lowest BCUT2D eigenvalue weighted by atomic mass is 9.95. The van der Waals surface area contributed by atoms with Gasteiger partial charge in [-0.2, -0.15) is 11.8 Å². The van der Waals surface area contributed by atoms with Gasteiger partial charge in [-0.05, 0) is 36.4 Å². The van der Waals surface area contributed by atoms with Crippen molar-refractivity contribution in [2.75, 3.05) is 51.0 Å². The van der Waals surface area contributed by atoms with E-state index in [1.54, 1.807) is 0 Å². The quantitative estimate of drug-likeness (QED) is 0.653. The number of hydrogen-bond acceptors (Lipinski definition) is 6. The SMILES string of the molecule is O=C(COc1ccc2oc3ccccc3c2c1)NCC1(N2CCOCC2)CCSC1. The molecular weight excluding hydrogens is 400 g/mol. The molecule has 0 radical (unpaired) electrons. The van der Waals surface area contributed by atoms with Crippen LogP contribution < -0.4 is 10.1 Å². The van der Waals surface area contributed by atoms with E-state index in [9.17, 15) is 4.79 Å². The van der Waals surface area contributed by atoms with Gasteiger partial charge in [-0.25, -0.2) is 0 Å². The highest BCUT2D eigenvalue weighted by atomic mass is 32.2. The van der Waals surface area contributed by atoms with Gasteiger partial charge in [0.25, 0.3) is 5.91 Å². The largest absolute Gasteiger partial charge is 0.484 e. The minimum atomic E-state index is -0.0864. The Labute approximate surface area is 179 Å². The molecule has 2 aliphatic rings. The highest BCUT2D eigenvalue weighted by molar-refractivity contribution is 7.99. The van der Waals surface area contributed by atoms with E-state index in [2.05, 4.69) is 10.2 Å². The number of thioether (sulfide) groups is 1. The summed E-state index contributed by atoms with van der Waals surface area (Å²) in [6.45, 7) is 4.09. The Hall–Kier alpha value is -2.22. The van der Waals surface area contributed by atoms with E-state index >= 15 is 0 Å². The fourth-order valence-electron chi connectivity index (χ4n) is 4.39. The van der Waals surface area contributed by atoms with Gasteiger partial charge in [0.05, 0.1) is 13.2 Å². The lowest BCUT2D eigenvalue weighted by Gasteiger charge is -2.43. The number of benzene rings is 2. The Morgan fingerprint density at radius 1 is 1.13 bits per heavy atom. The van der Waals surface area contributed by atoms with Crippen LogP contribution in [0.3, 0.4) is 0 Å². The minimum Gasteiger partial charge on any atom is -0.484 e. The fraction of sp³-hybridized carbons (Fsp3) is 0.435. The van der Waals surface area contributed by atoms with E-state index in [1.165, 1.54) is 0 Å². The van der Waals surface area contributed by atoms with Crippen molar-refractivity contribution >= 4 is 39.6 Å². The van der Waals surface area contributed by atoms with E-state index in [4.69, 9.17) is 13.9 Å². The number of rotatable bonds is 6. The molecule has 0 aliphatic carbocycles. The highest BCUT2D eigenvalue weighted by Crippen LogP contribution is 2.34. The normalized spacial score (nSPS) is 22.5. The second-order valence-electron chi connectivity index (χ2n) is 7.95. The molecule has 1 unspecified atom stereocenters. The molecule has 30 heavy (non-hydrogen) atoms. The molecule has 5 rings (SSSR count). The lowest BCUT2D eigenvalue weighted by molar-refractivity contribution is -0.123. The molecule has 2 aliphatic heterocycles. The van der Waals surface area contributed by atoms with E-state index < -0.39 is 0 Å². The smallest absolute Gasteiger partial charge is 0.258 e. The predicted molar refractivity (Wildman–Crippen MR) is 119 cm³/mol. The van der Waals surface area contributed by atoms with Gasteiger partial charge in [0.15, 0.2) is 6.61 Å². The monoisotopic (exact) mass is 426 g/mol. The number of para-hydroxylation sites is 1. The van der Waals surface area contributed by atoms with Crippen molar-refractivity contribution in [1.29, 1.82) is 0 Å². The zero-order valence-corrected chi connectivity index (χ0v) is 17.7. The second-order valence-corrected chi connectivity index (χ2v) is 9.05. The average Bonchev–Trinajstić information content (AvgIpc) is 3.42. The van der Waals surface area contributed by atoms with Gasteiger partial charge in [0, 0.05) is 41.7 Å². The van der Waals surface area contributed by atoms with E-state index in [1.807, 2.05) is 54.2 Å². The first-order chi connectivity index (χ1) is 14.7. The first-order valence-electron chi connectivity index (χ1n) is 10.4. The molecule has 1 aromatic heterocycles. The van der Waals surface area contributed by atoms with Crippen molar-refractivity contribution in [3.63, 3.8) is 0 Å². The van der Waals surface area contributed by atoms with E-state index in [-0.39, 0.29) is 18.1 Å².